The number of methoxy groups -OCH3 is 1. The lowest BCUT2D eigenvalue weighted by atomic mass is 10.2. The molecule has 0 saturated heterocycles. The van der Waals surface area contributed by atoms with E-state index in [0.29, 0.717) is 6.04 Å². The van der Waals surface area contributed by atoms with Gasteiger partial charge in [-0.2, -0.15) is 0 Å². The van der Waals surface area contributed by atoms with Crippen molar-refractivity contribution in [3.05, 3.63) is 53.1 Å². The fourth-order valence-corrected chi connectivity index (χ4v) is 3.46. The third-order valence-electron chi connectivity index (χ3n) is 3.48. The van der Waals surface area contributed by atoms with Crippen LogP contribution in [0.5, 0.6) is 5.75 Å². The first-order chi connectivity index (χ1) is 10.3. The first-order valence-electron chi connectivity index (χ1n) is 7.09. The highest BCUT2D eigenvalue weighted by Gasteiger charge is 2.20. The minimum absolute atomic E-state index is 0.699. The van der Waals surface area contributed by atoms with Gasteiger partial charge in [0, 0.05) is 22.5 Å². The molecule has 2 aromatic rings. The van der Waals surface area contributed by atoms with Crippen LogP contribution in [0.1, 0.15) is 18.4 Å². The fourth-order valence-electron chi connectivity index (χ4n) is 2.13. The Morgan fingerprint density at radius 1 is 1.19 bits per heavy atom. The Kier molecular flexibility index (Phi) is 4.73. The van der Waals surface area contributed by atoms with Gasteiger partial charge in [0.05, 0.1) is 12.0 Å². The highest BCUT2D eigenvalue weighted by molar-refractivity contribution is 7.99. The van der Waals surface area contributed by atoms with Crippen LogP contribution in [0.2, 0.25) is 5.02 Å². The first-order valence-corrected chi connectivity index (χ1v) is 8.28. The van der Waals surface area contributed by atoms with Crippen molar-refractivity contribution in [1.29, 1.82) is 0 Å². The molecule has 0 unspecified atom stereocenters. The number of para-hydroxylation sites is 1. The average molecular weight is 320 g/mol. The van der Waals surface area contributed by atoms with Crippen molar-refractivity contribution >= 4 is 23.4 Å². The van der Waals surface area contributed by atoms with E-state index in [-0.39, 0.29) is 0 Å². The number of benzene rings is 2. The van der Waals surface area contributed by atoms with Gasteiger partial charge in [-0.1, -0.05) is 41.6 Å². The number of nitrogens with one attached hydrogen (secondary N) is 1. The SMILES string of the molecule is COc1ccccc1Sc1cc(Cl)ccc1CNC1CC1. The van der Waals surface area contributed by atoms with Gasteiger partial charge in [-0.15, -0.1) is 0 Å². The van der Waals surface area contributed by atoms with E-state index in [9.17, 15) is 0 Å². The van der Waals surface area contributed by atoms with Crippen LogP contribution in [0.15, 0.2) is 52.3 Å². The van der Waals surface area contributed by atoms with Crippen LogP contribution >= 0.6 is 23.4 Å². The molecule has 110 valence electrons. The van der Waals surface area contributed by atoms with Crippen molar-refractivity contribution in [2.24, 2.45) is 0 Å². The molecular formula is C17H18ClNOS. The summed E-state index contributed by atoms with van der Waals surface area (Å²) >= 11 is 7.87. The topological polar surface area (TPSA) is 21.3 Å². The van der Waals surface area contributed by atoms with E-state index in [1.165, 1.54) is 23.3 Å². The van der Waals surface area contributed by atoms with Crippen LogP contribution in [0.25, 0.3) is 0 Å². The van der Waals surface area contributed by atoms with Gasteiger partial charge in [-0.25, -0.2) is 0 Å². The summed E-state index contributed by atoms with van der Waals surface area (Å²) in [7, 11) is 1.70. The number of hydrogen-bond acceptors (Lipinski definition) is 3. The quantitative estimate of drug-likeness (QED) is 0.830. The highest BCUT2D eigenvalue weighted by atomic mass is 35.5. The van der Waals surface area contributed by atoms with Crippen molar-refractivity contribution in [2.75, 3.05) is 7.11 Å². The van der Waals surface area contributed by atoms with Crippen LogP contribution in [0.4, 0.5) is 0 Å². The highest BCUT2D eigenvalue weighted by Crippen LogP contribution is 2.37. The number of ether oxygens (including phenoxy) is 1. The lowest BCUT2D eigenvalue weighted by Crippen LogP contribution is -2.15. The van der Waals surface area contributed by atoms with Gasteiger partial charge in [-0.3, -0.25) is 0 Å². The van der Waals surface area contributed by atoms with Crippen molar-refractivity contribution in [3.63, 3.8) is 0 Å². The molecule has 1 N–H and O–H groups in total. The molecule has 2 aromatic carbocycles. The molecule has 0 heterocycles. The molecule has 2 nitrogen and oxygen atoms in total. The van der Waals surface area contributed by atoms with Gasteiger partial charge in [-0.05, 0) is 42.7 Å². The Hall–Kier alpha value is -1.16. The molecule has 1 saturated carbocycles. The smallest absolute Gasteiger partial charge is 0.132 e. The Morgan fingerprint density at radius 3 is 2.76 bits per heavy atom. The predicted molar refractivity (Wildman–Crippen MR) is 88.4 cm³/mol. The van der Waals surface area contributed by atoms with Gasteiger partial charge in [0.15, 0.2) is 0 Å². The maximum Gasteiger partial charge on any atom is 0.132 e. The van der Waals surface area contributed by atoms with Crippen molar-refractivity contribution < 1.29 is 4.74 Å². The second kappa shape index (κ2) is 6.73. The summed E-state index contributed by atoms with van der Waals surface area (Å²) in [6, 6.07) is 14.9. The lowest BCUT2D eigenvalue weighted by Gasteiger charge is -2.12. The summed E-state index contributed by atoms with van der Waals surface area (Å²) in [4.78, 5) is 2.29. The van der Waals surface area contributed by atoms with E-state index in [2.05, 4.69) is 17.4 Å². The average Bonchev–Trinajstić information content (AvgIpc) is 3.31. The van der Waals surface area contributed by atoms with Crippen LogP contribution in [-0.4, -0.2) is 13.2 Å². The summed E-state index contributed by atoms with van der Waals surface area (Å²) in [5.41, 5.74) is 1.28. The van der Waals surface area contributed by atoms with Gasteiger partial charge >= 0.3 is 0 Å². The van der Waals surface area contributed by atoms with Crippen LogP contribution in [0, 0.1) is 0 Å². The van der Waals surface area contributed by atoms with E-state index < -0.39 is 0 Å². The predicted octanol–water partition coefficient (Wildman–Crippen LogP) is 4.75. The zero-order valence-electron chi connectivity index (χ0n) is 11.9. The second-order valence-electron chi connectivity index (χ2n) is 5.16. The second-order valence-corrected chi connectivity index (χ2v) is 6.68. The normalized spacial score (nSPS) is 14.2. The Bertz CT molecular complexity index is 628. The minimum Gasteiger partial charge on any atom is -0.496 e. The van der Waals surface area contributed by atoms with Crippen LogP contribution in [0.3, 0.4) is 0 Å². The summed E-state index contributed by atoms with van der Waals surface area (Å²) in [5.74, 6) is 0.892. The standard InChI is InChI=1S/C17H18ClNOS/c1-20-15-4-2-3-5-16(15)21-17-10-13(18)7-6-12(17)11-19-14-8-9-14/h2-7,10,14,19H,8-9,11H2,1H3. The Labute approximate surface area is 134 Å². The number of rotatable bonds is 6. The van der Waals surface area contributed by atoms with Gasteiger partial charge in [0.1, 0.15) is 5.75 Å². The zero-order valence-corrected chi connectivity index (χ0v) is 13.5. The van der Waals surface area contributed by atoms with E-state index >= 15 is 0 Å². The molecule has 3 rings (SSSR count). The van der Waals surface area contributed by atoms with Crippen molar-refractivity contribution in [1.82, 2.24) is 5.32 Å². The van der Waals surface area contributed by atoms with Crippen LogP contribution in [-0.2, 0) is 6.54 Å². The molecule has 1 aliphatic rings. The Balaban J connectivity index is 1.83. The lowest BCUT2D eigenvalue weighted by molar-refractivity contribution is 0.405. The summed E-state index contributed by atoms with van der Waals surface area (Å²) in [6.45, 7) is 0.888. The van der Waals surface area contributed by atoms with Crippen LogP contribution < -0.4 is 10.1 Å². The van der Waals surface area contributed by atoms with Crippen molar-refractivity contribution in [2.45, 2.75) is 35.2 Å². The first kappa shape index (κ1) is 14.8. The monoisotopic (exact) mass is 319 g/mol. The zero-order chi connectivity index (χ0) is 14.7. The molecule has 0 aliphatic heterocycles. The molecule has 1 aliphatic carbocycles. The van der Waals surface area contributed by atoms with Crippen molar-refractivity contribution in [3.8, 4) is 5.75 Å². The molecule has 0 bridgehead atoms. The molecule has 0 atom stereocenters. The number of hydrogen-bond donors (Lipinski definition) is 1. The maximum atomic E-state index is 6.17. The third kappa shape index (κ3) is 3.94. The molecule has 0 aromatic heterocycles. The third-order valence-corrected chi connectivity index (χ3v) is 4.87. The largest absolute Gasteiger partial charge is 0.496 e. The molecule has 4 heteroatoms. The Morgan fingerprint density at radius 2 is 2.00 bits per heavy atom. The fraction of sp³-hybridized carbons (Fsp3) is 0.294. The summed E-state index contributed by atoms with van der Waals surface area (Å²) < 4.78 is 5.43. The van der Waals surface area contributed by atoms with E-state index in [1.807, 2.05) is 30.3 Å². The summed E-state index contributed by atoms with van der Waals surface area (Å²) in [6.07, 6.45) is 2.59. The summed E-state index contributed by atoms with van der Waals surface area (Å²) in [5, 5.41) is 4.33. The molecule has 0 radical (unpaired) electrons. The molecule has 21 heavy (non-hydrogen) atoms. The molecule has 0 spiro atoms. The van der Waals surface area contributed by atoms with Gasteiger partial charge in [0.2, 0.25) is 0 Å². The van der Waals surface area contributed by atoms with E-state index in [1.54, 1.807) is 18.9 Å². The maximum absolute atomic E-state index is 6.17. The molecular weight excluding hydrogens is 302 g/mol. The van der Waals surface area contributed by atoms with Gasteiger partial charge in [0.25, 0.3) is 0 Å². The molecule has 0 amide bonds. The van der Waals surface area contributed by atoms with E-state index in [0.717, 1.165) is 22.2 Å². The molecule has 1 fully saturated rings. The van der Waals surface area contributed by atoms with E-state index in [4.69, 9.17) is 16.3 Å². The van der Waals surface area contributed by atoms with Gasteiger partial charge < -0.3 is 10.1 Å². The number of halogens is 1. The minimum atomic E-state index is 0.699.